The number of hydrogen-bond donors (Lipinski definition) is 3. The largest absolute Gasteiger partial charge is 0.489 e. The molecule has 146 valence electrons. The molecule has 1 fully saturated rings. The number of benzene rings is 1. The molecule has 1 heterocycles. The zero-order chi connectivity index (χ0) is 18.8. The predicted octanol–water partition coefficient (Wildman–Crippen LogP) is 2.11. The standard InChI is InChI=1S/C20H33N3O3/c1-4-21-19(23-14-20(9-11-24)10-12-25-15-20)22-13-17(3)26-18-8-6-5-7-16(18)2/h5-8,17,24H,4,9-15H2,1-3H3,(H2,21,22,23). The Balaban J connectivity index is 1.89. The Morgan fingerprint density at radius 1 is 1.38 bits per heavy atom. The maximum Gasteiger partial charge on any atom is 0.191 e. The van der Waals surface area contributed by atoms with Crippen LogP contribution in [0.1, 0.15) is 32.3 Å². The second kappa shape index (κ2) is 10.4. The molecule has 1 aromatic rings. The minimum absolute atomic E-state index is 0.0150. The number of hydrogen-bond acceptors (Lipinski definition) is 4. The molecule has 2 atom stereocenters. The summed E-state index contributed by atoms with van der Waals surface area (Å²) in [4.78, 5) is 4.73. The van der Waals surface area contributed by atoms with Crippen LogP contribution in [0, 0.1) is 12.3 Å². The van der Waals surface area contributed by atoms with Gasteiger partial charge in [-0.2, -0.15) is 0 Å². The number of aliphatic hydroxyl groups excluding tert-OH is 1. The number of nitrogens with one attached hydrogen (secondary N) is 2. The van der Waals surface area contributed by atoms with E-state index in [4.69, 9.17) is 14.5 Å². The summed E-state index contributed by atoms with van der Waals surface area (Å²) in [5.74, 6) is 1.69. The summed E-state index contributed by atoms with van der Waals surface area (Å²) >= 11 is 0. The minimum Gasteiger partial charge on any atom is -0.489 e. The maximum atomic E-state index is 9.35. The molecular formula is C20H33N3O3. The molecule has 0 aromatic heterocycles. The summed E-state index contributed by atoms with van der Waals surface area (Å²) in [5, 5.41) is 16.0. The van der Waals surface area contributed by atoms with Crippen molar-refractivity contribution in [1.29, 1.82) is 0 Å². The Morgan fingerprint density at radius 3 is 2.85 bits per heavy atom. The topological polar surface area (TPSA) is 75.1 Å². The van der Waals surface area contributed by atoms with Gasteiger partial charge in [0.2, 0.25) is 0 Å². The maximum absolute atomic E-state index is 9.35. The minimum atomic E-state index is -0.0413. The van der Waals surface area contributed by atoms with Crippen molar-refractivity contribution in [3.63, 3.8) is 0 Å². The summed E-state index contributed by atoms with van der Waals surface area (Å²) in [6, 6.07) is 8.03. The normalized spacial score (nSPS) is 21.5. The van der Waals surface area contributed by atoms with E-state index >= 15 is 0 Å². The molecule has 0 aliphatic carbocycles. The Labute approximate surface area is 157 Å². The highest BCUT2D eigenvalue weighted by molar-refractivity contribution is 5.79. The molecule has 6 nitrogen and oxygen atoms in total. The fraction of sp³-hybridized carbons (Fsp3) is 0.650. The number of guanidine groups is 1. The number of aliphatic hydroxyl groups is 1. The number of aliphatic imine (C=N–C) groups is 1. The fourth-order valence-electron chi connectivity index (χ4n) is 3.06. The van der Waals surface area contributed by atoms with Gasteiger partial charge in [0.15, 0.2) is 5.96 Å². The Kier molecular flexibility index (Phi) is 8.19. The lowest BCUT2D eigenvalue weighted by atomic mass is 9.84. The van der Waals surface area contributed by atoms with Gasteiger partial charge in [-0.15, -0.1) is 0 Å². The van der Waals surface area contributed by atoms with Gasteiger partial charge in [-0.1, -0.05) is 18.2 Å². The fourth-order valence-corrected chi connectivity index (χ4v) is 3.06. The second-order valence-electron chi connectivity index (χ2n) is 7.05. The van der Waals surface area contributed by atoms with Crippen LogP contribution in [0.4, 0.5) is 0 Å². The van der Waals surface area contributed by atoms with Crippen LogP contribution in [0.25, 0.3) is 0 Å². The van der Waals surface area contributed by atoms with E-state index in [1.165, 1.54) is 0 Å². The molecule has 1 saturated heterocycles. The number of rotatable bonds is 9. The zero-order valence-corrected chi connectivity index (χ0v) is 16.3. The van der Waals surface area contributed by atoms with E-state index in [1.807, 2.05) is 45.0 Å². The molecule has 1 aliphatic rings. The van der Waals surface area contributed by atoms with Gasteiger partial charge >= 0.3 is 0 Å². The third-order valence-electron chi connectivity index (χ3n) is 4.72. The zero-order valence-electron chi connectivity index (χ0n) is 16.3. The van der Waals surface area contributed by atoms with Crippen LogP contribution in [0.15, 0.2) is 29.3 Å². The third kappa shape index (κ3) is 6.18. The van der Waals surface area contributed by atoms with Crippen LogP contribution >= 0.6 is 0 Å². The molecule has 0 saturated carbocycles. The van der Waals surface area contributed by atoms with E-state index in [0.29, 0.717) is 19.7 Å². The highest BCUT2D eigenvalue weighted by Gasteiger charge is 2.34. The molecule has 0 bridgehead atoms. The summed E-state index contributed by atoms with van der Waals surface area (Å²) in [6.45, 7) is 9.83. The first kappa shape index (κ1) is 20.5. The van der Waals surface area contributed by atoms with Gasteiger partial charge in [0, 0.05) is 25.2 Å². The van der Waals surface area contributed by atoms with Gasteiger partial charge in [-0.05, 0) is 45.2 Å². The van der Waals surface area contributed by atoms with Crippen LogP contribution in [-0.4, -0.2) is 56.6 Å². The quantitative estimate of drug-likeness (QED) is 0.463. The van der Waals surface area contributed by atoms with Crippen molar-refractivity contribution in [2.45, 2.75) is 39.7 Å². The first-order valence-corrected chi connectivity index (χ1v) is 9.51. The highest BCUT2D eigenvalue weighted by atomic mass is 16.5. The molecule has 3 N–H and O–H groups in total. The smallest absolute Gasteiger partial charge is 0.191 e. The number of para-hydroxylation sites is 1. The molecule has 2 rings (SSSR count). The van der Waals surface area contributed by atoms with Gasteiger partial charge in [0.25, 0.3) is 0 Å². The van der Waals surface area contributed by atoms with E-state index < -0.39 is 0 Å². The van der Waals surface area contributed by atoms with Gasteiger partial charge in [0.1, 0.15) is 11.9 Å². The van der Waals surface area contributed by atoms with Crippen molar-refractivity contribution < 1.29 is 14.6 Å². The second-order valence-corrected chi connectivity index (χ2v) is 7.05. The molecule has 6 heteroatoms. The lowest BCUT2D eigenvalue weighted by Gasteiger charge is -2.25. The summed E-state index contributed by atoms with van der Waals surface area (Å²) < 4.78 is 11.6. The lowest BCUT2D eigenvalue weighted by molar-refractivity contribution is 0.131. The van der Waals surface area contributed by atoms with Crippen molar-refractivity contribution in [2.75, 3.05) is 39.5 Å². The summed E-state index contributed by atoms with van der Waals surface area (Å²) in [5.41, 5.74) is 1.09. The SMILES string of the molecule is CCNC(=NCC1(CCO)CCOC1)NCC(C)Oc1ccccc1C. The number of ether oxygens (including phenoxy) is 2. The molecule has 26 heavy (non-hydrogen) atoms. The molecule has 1 aliphatic heterocycles. The lowest BCUT2D eigenvalue weighted by Crippen LogP contribution is -2.42. The van der Waals surface area contributed by atoms with Crippen molar-refractivity contribution in [2.24, 2.45) is 10.4 Å². The van der Waals surface area contributed by atoms with Gasteiger partial charge in [-0.25, -0.2) is 0 Å². The number of aryl methyl sites for hydroxylation is 1. The summed E-state index contributed by atoms with van der Waals surface area (Å²) in [7, 11) is 0. The Morgan fingerprint density at radius 2 is 2.19 bits per heavy atom. The molecule has 0 amide bonds. The average Bonchev–Trinajstić information content (AvgIpc) is 3.08. The summed E-state index contributed by atoms with van der Waals surface area (Å²) in [6.07, 6.45) is 1.69. The van der Waals surface area contributed by atoms with E-state index in [0.717, 1.165) is 43.3 Å². The van der Waals surface area contributed by atoms with Crippen LogP contribution in [0.2, 0.25) is 0 Å². The molecular weight excluding hydrogens is 330 g/mol. The third-order valence-corrected chi connectivity index (χ3v) is 4.72. The van der Waals surface area contributed by atoms with Crippen LogP contribution < -0.4 is 15.4 Å². The van der Waals surface area contributed by atoms with E-state index in [2.05, 4.69) is 10.6 Å². The van der Waals surface area contributed by atoms with Crippen molar-refractivity contribution in [3.8, 4) is 5.75 Å². The molecule has 1 aromatic carbocycles. The highest BCUT2D eigenvalue weighted by Crippen LogP contribution is 2.32. The molecule has 0 radical (unpaired) electrons. The van der Waals surface area contributed by atoms with Gasteiger partial charge < -0.3 is 25.2 Å². The molecule has 0 spiro atoms. The van der Waals surface area contributed by atoms with Crippen LogP contribution in [0.3, 0.4) is 0 Å². The van der Waals surface area contributed by atoms with E-state index in [-0.39, 0.29) is 18.1 Å². The van der Waals surface area contributed by atoms with Gasteiger partial charge in [-0.3, -0.25) is 4.99 Å². The Bertz CT molecular complexity index is 571. The van der Waals surface area contributed by atoms with Crippen molar-refractivity contribution >= 4 is 5.96 Å². The van der Waals surface area contributed by atoms with Crippen molar-refractivity contribution in [1.82, 2.24) is 10.6 Å². The molecule has 2 unspecified atom stereocenters. The Hall–Kier alpha value is -1.79. The van der Waals surface area contributed by atoms with Gasteiger partial charge in [0.05, 0.1) is 19.7 Å². The first-order valence-electron chi connectivity index (χ1n) is 9.51. The van der Waals surface area contributed by atoms with E-state index in [1.54, 1.807) is 0 Å². The predicted molar refractivity (Wildman–Crippen MR) is 105 cm³/mol. The monoisotopic (exact) mass is 363 g/mol. The van der Waals surface area contributed by atoms with Crippen LogP contribution in [0.5, 0.6) is 5.75 Å². The van der Waals surface area contributed by atoms with E-state index in [9.17, 15) is 5.11 Å². The van der Waals surface area contributed by atoms with Crippen molar-refractivity contribution in [3.05, 3.63) is 29.8 Å². The average molecular weight is 364 g/mol. The van der Waals surface area contributed by atoms with Crippen LogP contribution in [-0.2, 0) is 4.74 Å². The number of nitrogens with zero attached hydrogens (tertiary/aromatic N) is 1. The first-order chi connectivity index (χ1) is 12.6.